The predicted octanol–water partition coefficient (Wildman–Crippen LogP) is 2.92. The summed E-state index contributed by atoms with van der Waals surface area (Å²) in [5.41, 5.74) is 5.83. The third-order valence-electron chi connectivity index (χ3n) is 4.66. The second kappa shape index (κ2) is 8.10. The zero-order valence-electron chi connectivity index (χ0n) is 14.8. The van der Waals surface area contributed by atoms with Crippen molar-refractivity contribution in [3.05, 3.63) is 53.3 Å². The smallest absolute Gasteiger partial charge is 0.189 e. The first kappa shape index (κ1) is 18.0. The van der Waals surface area contributed by atoms with Crippen LogP contribution in [0.4, 0.5) is 5.69 Å². The molecule has 1 aromatic heterocycles. The quantitative estimate of drug-likeness (QED) is 0.616. The second-order valence-electron chi connectivity index (χ2n) is 6.38. The molecule has 8 heteroatoms. The highest BCUT2D eigenvalue weighted by Gasteiger charge is 2.21. The summed E-state index contributed by atoms with van der Waals surface area (Å²) in [5.74, 6) is 0.664. The van der Waals surface area contributed by atoms with E-state index in [1.165, 1.54) is 5.69 Å². The van der Waals surface area contributed by atoms with Gasteiger partial charge in [-0.05, 0) is 24.4 Å². The number of aromatic nitrogens is 1. The summed E-state index contributed by atoms with van der Waals surface area (Å²) in [7, 11) is 0. The van der Waals surface area contributed by atoms with Crippen LogP contribution in [0.15, 0.2) is 47.7 Å². The number of fused-ring (bicyclic) bond motifs is 1. The van der Waals surface area contributed by atoms with Crippen LogP contribution < -0.4 is 15.1 Å². The molecule has 0 amide bonds. The molecule has 2 aromatic rings. The zero-order chi connectivity index (χ0) is 18.6. The number of hydrazone groups is 1. The normalized spacial score (nSPS) is 18.0. The fraction of sp³-hybridized carbons (Fsp3) is 0.316. The van der Waals surface area contributed by atoms with Crippen LogP contribution in [-0.2, 0) is 0 Å². The molecule has 27 heavy (non-hydrogen) atoms. The minimum atomic E-state index is 0.551. The van der Waals surface area contributed by atoms with Gasteiger partial charge in [0, 0.05) is 50.6 Å². The molecule has 4 rings (SSSR count). The lowest BCUT2D eigenvalue weighted by molar-refractivity contribution is 0.318. The minimum Gasteiger partial charge on any atom is -0.491 e. The molecule has 0 radical (unpaired) electrons. The highest BCUT2D eigenvalue weighted by Crippen LogP contribution is 2.26. The van der Waals surface area contributed by atoms with Crippen molar-refractivity contribution in [2.24, 2.45) is 5.10 Å². The van der Waals surface area contributed by atoms with Gasteiger partial charge in [-0.25, -0.2) is 4.98 Å². The standard InChI is InChI=1S/C19H20ClN5OS/c20-14-12-17-18(21-13-14)16(6-11-26-17)22-23-19(27)25-9-7-24(8-10-25)15-4-2-1-3-5-15/h1-5,12-13H,6-11H2,(H,23,27)/b22-16-. The number of benzene rings is 1. The molecule has 3 heterocycles. The lowest BCUT2D eigenvalue weighted by atomic mass is 10.1. The summed E-state index contributed by atoms with van der Waals surface area (Å²) in [6.45, 7) is 4.13. The zero-order valence-corrected chi connectivity index (χ0v) is 16.3. The van der Waals surface area contributed by atoms with Crippen molar-refractivity contribution in [1.29, 1.82) is 0 Å². The summed E-state index contributed by atoms with van der Waals surface area (Å²) < 4.78 is 5.61. The van der Waals surface area contributed by atoms with E-state index in [2.05, 4.69) is 49.6 Å². The molecule has 1 saturated heterocycles. The van der Waals surface area contributed by atoms with Crippen LogP contribution in [0.3, 0.4) is 0 Å². The van der Waals surface area contributed by atoms with Gasteiger partial charge in [0.1, 0.15) is 11.4 Å². The van der Waals surface area contributed by atoms with Crippen LogP contribution in [0.1, 0.15) is 12.1 Å². The number of thiocarbonyl (C=S) groups is 1. The maximum absolute atomic E-state index is 5.98. The first-order valence-corrected chi connectivity index (χ1v) is 9.69. The first-order chi connectivity index (χ1) is 13.2. The lowest BCUT2D eigenvalue weighted by Crippen LogP contribution is -2.51. The van der Waals surface area contributed by atoms with Gasteiger partial charge in [0.25, 0.3) is 0 Å². The summed E-state index contributed by atoms with van der Waals surface area (Å²) in [6, 6.07) is 12.2. The molecule has 2 aliphatic heterocycles. The fourth-order valence-corrected chi connectivity index (χ4v) is 3.60. The van der Waals surface area contributed by atoms with Gasteiger partial charge in [-0.3, -0.25) is 5.43 Å². The van der Waals surface area contributed by atoms with Gasteiger partial charge in [0.05, 0.1) is 17.3 Å². The highest BCUT2D eigenvalue weighted by atomic mass is 35.5. The molecule has 1 N–H and O–H groups in total. The molecule has 1 fully saturated rings. The van der Waals surface area contributed by atoms with Crippen LogP contribution in [0, 0.1) is 0 Å². The molecule has 0 unspecified atom stereocenters. The molecule has 0 bridgehead atoms. The average molecular weight is 402 g/mol. The first-order valence-electron chi connectivity index (χ1n) is 8.91. The Morgan fingerprint density at radius 1 is 1.19 bits per heavy atom. The molecule has 6 nitrogen and oxygen atoms in total. The number of pyridine rings is 1. The maximum Gasteiger partial charge on any atom is 0.189 e. The van der Waals surface area contributed by atoms with Gasteiger partial charge in [-0.15, -0.1) is 0 Å². The predicted molar refractivity (Wildman–Crippen MR) is 112 cm³/mol. The third-order valence-corrected chi connectivity index (χ3v) is 5.22. The van der Waals surface area contributed by atoms with Crippen LogP contribution >= 0.6 is 23.8 Å². The third kappa shape index (κ3) is 4.14. The van der Waals surface area contributed by atoms with Gasteiger partial charge in [-0.1, -0.05) is 29.8 Å². The number of para-hydroxylation sites is 1. The Kier molecular flexibility index (Phi) is 5.40. The molecule has 0 aliphatic carbocycles. The van der Waals surface area contributed by atoms with Crippen molar-refractivity contribution in [2.75, 3.05) is 37.7 Å². The molecule has 140 valence electrons. The molecule has 2 aliphatic rings. The summed E-state index contributed by atoms with van der Waals surface area (Å²) in [6.07, 6.45) is 2.28. The topological polar surface area (TPSA) is 53.0 Å². The van der Waals surface area contributed by atoms with Crippen molar-refractivity contribution in [2.45, 2.75) is 6.42 Å². The molecule has 0 spiro atoms. The van der Waals surface area contributed by atoms with E-state index in [-0.39, 0.29) is 0 Å². The van der Waals surface area contributed by atoms with Crippen molar-refractivity contribution in [3.63, 3.8) is 0 Å². The Morgan fingerprint density at radius 2 is 1.96 bits per heavy atom. The van der Waals surface area contributed by atoms with Crippen LogP contribution in [0.25, 0.3) is 0 Å². The number of ether oxygens (including phenoxy) is 1. The summed E-state index contributed by atoms with van der Waals surface area (Å²) in [4.78, 5) is 8.86. The highest BCUT2D eigenvalue weighted by molar-refractivity contribution is 7.80. The number of hydrogen-bond donors (Lipinski definition) is 1. The number of hydrogen-bond acceptors (Lipinski definition) is 5. The number of rotatable bonds is 2. The van der Waals surface area contributed by atoms with Crippen LogP contribution in [-0.4, -0.2) is 53.5 Å². The molecule has 0 saturated carbocycles. The van der Waals surface area contributed by atoms with Gasteiger partial charge < -0.3 is 14.5 Å². The van der Waals surface area contributed by atoms with Gasteiger partial charge >= 0.3 is 0 Å². The van der Waals surface area contributed by atoms with Crippen LogP contribution in [0.5, 0.6) is 5.75 Å². The number of nitrogens with one attached hydrogen (secondary N) is 1. The van der Waals surface area contributed by atoms with Gasteiger partial charge in [-0.2, -0.15) is 5.10 Å². The van der Waals surface area contributed by atoms with Crippen molar-refractivity contribution in [1.82, 2.24) is 15.3 Å². The van der Waals surface area contributed by atoms with Gasteiger partial charge in [0.15, 0.2) is 5.11 Å². The molecule has 0 atom stereocenters. The summed E-state index contributed by atoms with van der Waals surface area (Å²) >= 11 is 11.5. The Morgan fingerprint density at radius 3 is 2.74 bits per heavy atom. The van der Waals surface area contributed by atoms with E-state index in [4.69, 9.17) is 28.6 Å². The number of nitrogens with zero attached hydrogens (tertiary/aromatic N) is 4. The SMILES string of the molecule is S=C(N/N=C1/CCOc2cc(Cl)cnc21)N1CCN(c2ccccc2)CC1. The van der Waals surface area contributed by atoms with E-state index in [0.717, 1.165) is 37.6 Å². The van der Waals surface area contributed by atoms with Crippen molar-refractivity contribution in [3.8, 4) is 5.75 Å². The number of halogens is 1. The largest absolute Gasteiger partial charge is 0.491 e. The number of piperazine rings is 1. The summed E-state index contributed by atoms with van der Waals surface area (Å²) in [5, 5.41) is 5.68. The lowest BCUT2D eigenvalue weighted by Gasteiger charge is -2.37. The monoisotopic (exact) mass is 401 g/mol. The van der Waals surface area contributed by atoms with E-state index >= 15 is 0 Å². The number of anilines is 1. The maximum atomic E-state index is 5.98. The van der Waals surface area contributed by atoms with E-state index in [1.54, 1.807) is 12.3 Å². The Hall–Kier alpha value is -2.38. The van der Waals surface area contributed by atoms with Crippen molar-refractivity contribution >= 4 is 40.3 Å². The van der Waals surface area contributed by atoms with Gasteiger partial charge in [0.2, 0.25) is 0 Å². The molecular formula is C19H20ClN5OS. The minimum absolute atomic E-state index is 0.551. The Labute approximate surface area is 168 Å². The van der Waals surface area contributed by atoms with E-state index < -0.39 is 0 Å². The molecule has 1 aromatic carbocycles. The van der Waals surface area contributed by atoms with E-state index in [9.17, 15) is 0 Å². The average Bonchev–Trinajstić information content (AvgIpc) is 2.72. The molecular weight excluding hydrogens is 382 g/mol. The Bertz CT molecular complexity index is 852. The van der Waals surface area contributed by atoms with Crippen molar-refractivity contribution < 1.29 is 4.74 Å². The van der Waals surface area contributed by atoms with Crippen LogP contribution in [0.2, 0.25) is 5.02 Å². The van der Waals surface area contributed by atoms with E-state index in [1.807, 2.05) is 6.07 Å². The Balaban J connectivity index is 1.36. The second-order valence-corrected chi connectivity index (χ2v) is 7.21. The fourth-order valence-electron chi connectivity index (χ4n) is 3.22. The van der Waals surface area contributed by atoms with E-state index in [0.29, 0.717) is 28.9 Å².